The van der Waals surface area contributed by atoms with E-state index in [1.165, 1.54) is 4.31 Å². The van der Waals surface area contributed by atoms with Crippen molar-refractivity contribution in [1.29, 1.82) is 0 Å². The largest absolute Gasteiger partial charge is 0.383 e. The number of hydrogen-bond donors (Lipinski definition) is 2. The number of sulfonamides is 1. The highest BCUT2D eigenvalue weighted by molar-refractivity contribution is 7.89. The third-order valence-corrected chi connectivity index (χ3v) is 7.00. The van der Waals surface area contributed by atoms with Crippen molar-refractivity contribution >= 4 is 38.7 Å². The van der Waals surface area contributed by atoms with Crippen LogP contribution in [0.2, 0.25) is 0 Å². The number of benzene rings is 1. The van der Waals surface area contributed by atoms with Crippen molar-refractivity contribution in [3.63, 3.8) is 0 Å². The predicted molar refractivity (Wildman–Crippen MR) is 114 cm³/mol. The van der Waals surface area contributed by atoms with Gasteiger partial charge in [0.2, 0.25) is 10.0 Å². The van der Waals surface area contributed by atoms with Crippen molar-refractivity contribution in [3.8, 4) is 0 Å². The summed E-state index contributed by atoms with van der Waals surface area (Å²) < 4.78 is 37.8. The van der Waals surface area contributed by atoms with E-state index in [9.17, 15) is 8.42 Å². The molecule has 1 aromatic carbocycles. The monoisotopic (exact) mass is 428 g/mol. The molecule has 0 bridgehead atoms. The van der Waals surface area contributed by atoms with Gasteiger partial charge in [-0.3, -0.25) is 0 Å². The second-order valence-corrected chi connectivity index (χ2v) is 9.11. The van der Waals surface area contributed by atoms with E-state index in [-0.39, 0.29) is 4.90 Å². The van der Waals surface area contributed by atoms with E-state index in [1.807, 2.05) is 6.07 Å². The molecule has 0 aliphatic carbocycles. The number of hydrogen-bond acceptors (Lipinski definition) is 6. The Morgan fingerprint density at radius 2 is 1.93 bits per heavy atom. The van der Waals surface area contributed by atoms with Gasteiger partial charge in [0.15, 0.2) is 5.11 Å². The molecule has 0 unspecified atom stereocenters. The quantitative estimate of drug-likeness (QED) is 0.496. The van der Waals surface area contributed by atoms with Gasteiger partial charge in [-0.15, -0.1) is 0 Å². The molecule has 28 heavy (non-hydrogen) atoms. The Morgan fingerprint density at radius 1 is 1.21 bits per heavy atom. The SMILES string of the molecule is COCCNC(=S)Nc1cc(S(=O)(=O)N2CCOCC2)ccc1N1CCCC1. The Bertz CT molecular complexity index is 776. The maximum absolute atomic E-state index is 13.0. The lowest BCUT2D eigenvalue weighted by atomic mass is 10.2. The number of rotatable bonds is 7. The lowest BCUT2D eigenvalue weighted by Crippen LogP contribution is -2.40. The molecule has 8 nitrogen and oxygen atoms in total. The number of methoxy groups -OCH3 is 1. The molecule has 0 atom stereocenters. The molecular formula is C18H28N4O4S2. The summed E-state index contributed by atoms with van der Waals surface area (Å²) in [5.74, 6) is 0. The minimum atomic E-state index is -3.57. The first-order valence-electron chi connectivity index (χ1n) is 9.53. The average molecular weight is 429 g/mol. The van der Waals surface area contributed by atoms with Crippen LogP contribution in [0.15, 0.2) is 23.1 Å². The van der Waals surface area contributed by atoms with Gasteiger partial charge >= 0.3 is 0 Å². The third kappa shape index (κ3) is 5.12. The van der Waals surface area contributed by atoms with Gasteiger partial charge in [-0.1, -0.05) is 0 Å². The van der Waals surface area contributed by atoms with Gasteiger partial charge < -0.3 is 25.0 Å². The first-order chi connectivity index (χ1) is 13.5. The van der Waals surface area contributed by atoms with Crippen molar-refractivity contribution in [1.82, 2.24) is 9.62 Å². The van der Waals surface area contributed by atoms with E-state index in [2.05, 4.69) is 15.5 Å². The Balaban J connectivity index is 1.85. The molecule has 2 fully saturated rings. The van der Waals surface area contributed by atoms with E-state index in [1.54, 1.807) is 19.2 Å². The van der Waals surface area contributed by atoms with Gasteiger partial charge in [-0.05, 0) is 43.3 Å². The van der Waals surface area contributed by atoms with E-state index < -0.39 is 10.0 Å². The van der Waals surface area contributed by atoms with Crippen LogP contribution in [0, 0.1) is 0 Å². The summed E-state index contributed by atoms with van der Waals surface area (Å²) in [4.78, 5) is 2.52. The van der Waals surface area contributed by atoms with E-state index >= 15 is 0 Å². The van der Waals surface area contributed by atoms with Crippen LogP contribution in [-0.2, 0) is 19.5 Å². The summed E-state index contributed by atoms with van der Waals surface area (Å²) in [7, 11) is -1.94. The highest BCUT2D eigenvalue weighted by atomic mass is 32.2. The Kier molecular flexibility index (Phi) is 7.47. The number of nitrogens with zero attached hydrogens (tertiary/aromatic N) is 2. The van der Waals surface area contributed by atoms with Crippen LogP contribution in [-0.4, -0.2) is 77.5 Å². The second-order valence-electron chi connectivity index (χ2n) is 6.76. The Morgan fingerprint density at radius 3 is 2.61 bits per heavy atom. The molecule has 0 aromatic heterocycles. The van der Waals surface area contributed by atoms with E-state index in [4.69, 9.17) is 21.7 Å². The van der Waals surface area contributed by atoms with Crippen LogP contribution >= 0.6 is 12.2 Å². The van der Waals surface area contributed by atoms with Crippen molar-refractivity contribution in [3.05, 3.63) is 18.2 Å². The molecule has 0 amide bonds. The minimum Gasteiger partial charge on any atom is -0.383 e. The lowest BCUT2D eigenvalue weighted by Gasteiger charge is -2.27. The highest BCUT2D eigenvalue weighted by Crippen LogP contribution is 2.32. The molecule has 156 valence electrons. The van der Waals surface area contributed by atoms with Gasteiger partial charge in [-0.25, -0.2) is 8.42 Å². The zero-order valence-corrected chi connectivity index (χ0v) is 17.8. The van der Waals surface area contributed by atoms with Gasteiger partial charge in [0.05, 0.1) is 36.1 Å². The van der Waals surface area contributed by atoms with Crippen molar-refractivity contribution in [2.24, 2.45) is 0 Å². The van der Waals surface area contributed by atoms with Gasteiger partial charge in [0.25, 0.3) is 0 Å². The zero-order valence-electron chi connectivity index (χ0n) is 16.1. The smallest absolute Gasteiger partial charge is 0.243 e. The molecule has 10 heteroatoms. The molecule has 2 aliphatic heterocycles. The fourth-order valence-electron chi connectivity index (χ4n) is 3.38. The standard InChI is InChI=1S/C18H28N4O4S2/c1-25-11-6-19-18(27)20-16-14-15(4-5-17(16)21-7-2-3-8-21)28(23,24)22-9-12-26-13-10-22/h4-5,14H,2-3,6-13H2,1H3,(H2,19,20,27). The first kappa shape index (κ1) is 21.3. The van der Waals surface area contributed by atoms with Crippen molar-refractivity contribution in [2.45, 2.75) is 17.7 Å². The summed E-state index contributed by atoms with van der Waals surface area (Å²) in [5, 5.41) is 6.69. The van der Waals surface area contributed by atoms with E-state index in [0.29, 0.717) is 50.3 Å². The van der Waals surface area contributed by atoms with Crippen LogP contribution in [0.1, 0.15) is 12.8 Å². The van der Waals surface area contributed by atoms with Crippen LogP contribution < -0.4 is 15.5 Å². The van der Waals surface area contributed by atoms with Gasteiger partial charge in [0.1, 0.15) is 0 Å². The number of thiocarbonyl (C=S) groups is 1. The number of ether oxygens (including phenoxy) is 2. The molecule has 2 heterocycles. The molecule has 0 radical (unpaired) electrons. The van der Waals surface area contributed by atoms with Crippen LogP contribution in [0.25, 0.3) is 0 Å². The molecule has 3 rings (SSSR count). The maximum Gasteiger partial charge on any atom is 0.243 e. The van der Waals surface area contributed by atoms with Crippen molar-refractivity contribution < 1.29 is 17.9 Å². The molecule has 1 aromatic rings. The molecule has 0 saturated carbocycles. The predicted octanol–water partition coefficient (Wildman–Crippen LogP) is 1.24. The molecular weight excluding hydrogens is 400 g/mol. The average Bonchev–Trinajstić information content (AvgIpc) is 3.23. The molecule has 2 saturated heterocycles. The summed E-state index contributed by atoms with van der Waals surface area (Å²) in [6, 6.07) is 5.24. The lowest BCUT2D eigenvalue weighted by molar-refractivity contribution is 0.0730. The number of anilines is 2. The topological polar surface area (TPSA) is 83.1 Å². The Labute approximate surface area is 172 Å². The summed E-state index contributed by atoms with van der Waals surface area (Å²) in [6.45, 7) is 4.60. The molecule has 2 N–H and O–H groups in total. The minimum absolute atomic E-state index is 0.263. The zero-order chi connectivity index (χ0) is 20.0. The summed E-state index contributed by atoms with van der Waals surface area (Å²) >= 11 is 5.37. The molecule has 2 aliphatic rings. The van der Waals surface area contributed by atoms with Crippen LogP contribution in [0.5, 0.6) is 0 Å². The van der Waals surface area contributed by atoms with Gasteiger partial charge in [0, 0.05) is 39.8 Å². The van der Waals surface area contributed by atoms with Crippen molar-refractivity contribution in [2.75, 3.05) is 69.9 Å². The molecule has 0 spiro atoms. The fraction of sp³-hybridized carbons (Fsp3) is 0.611. The number of nitrogens with one attached hydrogen (secondary N) is 2. The second kappa shape index (κ2) is 9.84. The third-order valence-electron chi connectivity index (χ3n) is 4.86. The fourth-order valence-corrected chi connectivity index (χ4v) is 5.03. The normalized spacial score (nSPS) is 18.2. The first-order valence-corrected chi connectivity index (χ1v) is 11.4. The van der Waals surface area contributed by atoms with Crippen LogP contribution in [0.3, 0.4) is 0 Å². The maximum atomic E-state index is 13.0. The Hall–Kier alpha value is -1.46. The number of morpholine rings is 1. The van der Waals surface area contributed by atoms with E-state index in [0.717, 1.165) is 31.6 Å². The highest BCUT2D eigenvalue weighted by Gasteiger charge is 2.28. The summed E-state index contributed by atoms with van der Waals surface area (Å²) in [5.41, 5.74) is 1.67. The van der Waals surface area contributed by atoms with Gasteiger partial charge in [-0.2, -0.15) is 4.31 Å². The summed E-state index contributed by atoms with van der Waals surface area (Å²) in [6.07, 6.45) is 2.26. The van der Waals surface area contributed by atoms with Crippen LogP contribution in [0.4, 0.5) is 11.4 Å².